The van der Waals surface area contributed by atoms with Gasteiger partial charge in [0.2, 0.25) is 0 Å². The molecule has 3 nitrogen and oxygen atoms in total. The number of aromatic nitrogens is 1. The molecular weight excluding hydrogens is 274 g/mol. The van der Waals surface area contributed by atoms with E-state index >= 15 is 0 Å². The van der Waals surface area contributed by atoms with E-state index in [1.165, 1.54) is 31.2 Å². The molecule has 1 saturated carbocycles. The van der Waals surface area contributed by atoms with E-state index in [0.29, 0.717) is 18.3 Å². The summed E-state index contributed by atoms with van der Waals surface area (Å²) in [5, 5.41) is 9.20. The van der Waals surface area contributed by atoms with Gasteiger partial charge in [-0.15, -0.1) is 0 Å². The van der Waals surface area contributed by atoms with Gasteiger partial charge in [-0.3, -0.25) is 9.78 Å². The number of aliphatic carboxylic acids is 1. The predicted molar refractivity (Wildman–Crippen MR) is 89.0 cm³/mol. The molecule has 1 atom stereocenters. The fraction of sp³-hybridized carbons (Fsp3) is 0.684. The van der Waals surface area contributed by atoms with E-state index in [9.17, 15) is 9.90 Å². The Morgan fingerprint density at radius 3 is 2.32 bits per heavy atom. The monoisotopic (exact) mass is 303 g/mol. The first-order valence-corrected chi connectivity index (χ1v) is 8.82. The van der Waals surface area contributed by atoms with Crippen molar-refractivity contribution in [3.63, 3.8) is 0 Å². The summed E-state index contributed by atoms with van der Waals surface area (Å²) < 4.78 is 0. The van der Waals surface area contributed by atoms with Crippen molar-refractivity contribution in [3.05, 3.63) is 29.1 Å². The van der Waals surface area contributed by atoms with Crippen LogP contribution in [0.15, 0.2) is 12.1 Å². The van der Waals surface area contributed by atoms with Crippen molar-refractivity contribution >= 4 is 5.97 Å². The van der Waals surface area contributed by atoms with Crippen LogP contribution in [0.25, 0.3) is 0 Å². The van der Waals surface area contributed by atoms with E-state index in [-0.39, 0.29) is 0 Å². The van der Waals surface area contributed by atoms with Crippen molar-refractivity contribution in [3.8, 4) is 0 Å². The Labute approximate surface area is 134 Å². The summed E-state index contributed by atoms with van der Waals surface area (Å²) in [6, 6.07) is 4.40. The Morgan fingerprint density at radius 1 is 1.23 bits per heavy atom. The van der Waals surface area contributed by atoms with E-state index in [4.69, 9.17) is 0 Å². The van der Waals surface area contributed by atoms with E-state index < -0.39 is 5.97 Å². The molecule has 1 fully saturated rings. The van der Waals surface area contributed by atoms with Gasteiger partial charge < -0.3 is 5.11 Å². The third-order valence-corrected chi connectivity index (χ3v) is 5.02. The van der Waals surface area contributed by atoms with Gasteiger partial charge in [0, 0.05) is 17.8 Å². The fourth-order valence-corrected chi connectivity index (χ4v) is 3.73. The van der Waals surface area contributed by atoms with Gasteiger partial charge in [0.05, 0.1) is 0 Å². The minimum atomic E-state index is -0.643. The molecule has 1 aliphatic rings. The molecule has 0 amide bonds. The molecule has 2 rings (SSSR count). The van der Waals surface area contributed by atoms with Gasteiger partial charge in [0.15, 0.2) is 0 Å². The minimum absolute atomic E-state index is 0.330. The molecule has 3 heteroatoms. The molecule has 1 heterocycles. The van der Waals surface area contributed by atoms with Crippen LogP contribution in [0.2, 0.25) is 0 Å². The maximum absolute atomic E-state index is 11.2. The van der Waals surface area contributed by atoms with Crippen LogP contribution in [0.3, 0.4) is 0 Å². The Kier molecular flexibility index (Phi) is 6.41. The van der Waals surface area contributed by atoms with E-state index in [0.717, 1.165) is 37.1 Å². The first-order valence-electron chi connectivity index (χ1n) is 8.82. The van der Waals surface area contributed by atoms with E-state index in [1.807, 2.05) is 0 Å². The number of nitrogens with zero attached hydrogens (tertiary/aromatic N) is 1. The standard InChI is InChI=1S/C19H29NO2/c1-3-17-11-14(12-18(4-2)20-17)9-10-16(13-19(21)22)15-7-5-6-8-15/h11-12,15-16H,3-10,13H2,1-2H3,(H,21,22). The lowest BCUT2D eigenvalue weighted by Crippen LogP contribution is -2.17. The van der Waals surface area contributed by atoms with E-state index in [1.54, 1.807) is 0 Å². The van der Waals surface area contributed by atoms with Crippen molar-refractivity contribution < 1.29 is 9.90 Å². The number of pyridine rings is 1. The highest BCUT2D eigenvalue weighted by Gasteiger charge is 2.26. The summed E-state index contributed by atoms with van der Waals surface area (Å²) in [6.07, 6.45) is 9.21. The van der Waals surface area contributed by atoms with Crippen LogP contribution in [-0.4, -0.2) is 16.1 Å². The van der Waals surface area contributed by atoms with E-state index in [2.05, 4.69) is 31.0 Å². The summed E-state index contributed by atoms with van der Waals surface area (Å²) in [7, 11) is 0. The summed E-state index contributed by atoms with van der Waals surface area (Å²) in [6.45, 7) is 4.27. The van der Waals surface area contributed by atoms with Crippen LogP contribution in [0, 0.1) is 11.8 Å². The van der Waals surface area contributed by atoms with Gasteiger partial charge in [0.25, 0.3) is 0 Å². The molecule has 22 heavy (non-hydrogen) atoms. The average Bonchev–Trinajstić information content (AvgIpc) is 3.04. The number of rotatable bonds is 8. The first kappa shape index (κ1) is 17.0. The van der Waals surface area contributed by atoms with Crippen LogP contribution < -0.4 is 0 Å². The molecule has 0 radical (unpaired) electrons. The topological polar surface area (TPSA) is 50.2 Å². The van der Waals surface area contributed by atoms with Crippen LogP contribution in [0.4, 0.5) is 0 Å². The van der Waals surface area contributed by atoms with Gasteiger partial charge in [-0.1, -0.05) is 39.5 Å². The maximum atomic E-state index is 11.2. The summed E-state index contributed by atoms with van der Waals surface area (Å²) in [5.74, 6) is 0.313. The van der Waals surface area contributed by atoms with Crippen LogP contribution in [-0.2, 0) is 24.1 Å². The molecular formula is C19H29NO2. The molecule has 1 aromatic rings. The quantitative estimate of drug-likeness (QED) is 0.773. The second kappa shape index (κ2) is 8.30. The molecule has 0 saturated heterocycles. The number of aryl methyl sites for hydroxylation is 3. The summed E-state index contributed by atoms with van der Waals surface area (Å²) >= 11 is 0. The number of hydrogen-bond donors (Lipinski definition) is 1. The maximum Gasteiger partial charge on any atom is 0.303 e. The van der Waals surface area contributed by atoms with Crippen LogP contribution in [0.5, 0.6) is 0 Å². The van der Waals surface area contributed by atoms with Crippen molar-refractivity contribution in [2.24, 2.45) is 11.8 Å². The second-order valence-electron chi connectivity index (χ2n) is 6.61. The molecule has 0 bridgehead atoms. The van der Waals surface area contributed by atoms with Crippen molar-refractivity contribution in [2.75, 3.05) is 0 Å². The second-order valence-corrected chi connectivity index (χ2v) is 6.61. The smallest absolute Gasteiger partial charge is 0.303 e. The summed E-state index contributed by atoms with van der Waals surface area (Å²) in [4.78, 5) is 15.8. The zero-order valence-electron chi connectivity index (χ0n) is 14.0. The van der Waals surface area contributed by atoms with Crippen molar-refractivity contribution in [2.45, 2.75) is 71.6 Å². The molecule has 1 N–H and O–H groups in total. The van der Waals surface area contributed by atoms with Gasteiger partial charge in [-0.2, -0.15) is 0 Å². The molecule has 0 aliphatic heterocycles. The number of hydrogen-bond acceptors (Lipinski definition) is 2. The number of carbonyl (C=O) groups is 1. The zero-order chi connectivity index (χ0) is 15.9. The highest BCUT2D eigenvalue weighted by atomic mass is 16.4. The summed E-state index contributed by atoms with van der Waals surface area (Å²) in [5.41, 5.74) is 3.65. The highest BCUT2D eigenvalue weighted by molar-refractivity contribution is 5.67. The lowest BCUT2D eigenvalue weighted by atomic mass is 9.83. The molecule has 1 aliphatic carbocycles. The normalized spacial score (nSPS) is 16.8. The van der Waals surface area contributed by atoms with Gasteiger partial charge >= 0.3 is 5.97 Å². The minimum Gasteiger partial charge on any atom is -0.481 e. The Hall–Kier alpha value is -1.38. The molecule has 1 aromatic heterocycles. The largest absolute Gasteiger partial charge is 0.481 e. The Morgan fingerprint density at radius 2 is 1.82 bits per heavy atom. The van der Waals surface area contributed by atoms with Crippen molar-refractivity contribution in [1.82, 2.24) is 4.98 Å². The third kappa shape index (κ3) is 4.82. The first-order chi connectivity index (χ1) is 10.6. The molecule has 0 spiro atoms. The Bertz CT molecular complexity index is 470. The lowest BCUT2D eigenvalue weighted by Gasteiger charge is -2.22. The Balaban J connectivity index is 2.02. The SMILES string of the molecule is CCc1cc(CCC(CC(=O)O)C2CCCC2)cc(CC)n1. The van der Waals surface area contributed by atoms with Crippen LogP contribution in [0.1, 0.15) is 69.3 Å². The molecule has 0 aromatic carbocycles. The average molecular weight is 303 g/mol. The lowest BCUT2D eigenvalue weighted by molar-refractivity contribution is -0.138. The van der Waals surface area contributed by atoms with Gasteiger partial charge in [-0.05, 0) is 55.2 Å². The fourth-order valence-electron chi connectivity index (χ4n) is 3.73. The predicted octanol–water partition coefficient (Wildman–Crippen LogP) is 4.42. The number of carboxylic acids is 1. The zero-order valence-corrected chi connectivity index (χ0v) is 14.0. The van der Waals surface area contributed by atoms with Crippen molar-refractivity contribution in [1.29, 1.82) is 0 Å². The third-order valence-electron chi connectivity index (χ3n) is 5.02. The van der Waals surface area contributed by atoms with Gasteiger partial charge in [-0.25, -0.2) is 0 Å². The molecule has 1 unspecified atom stereocenters. The highest BCUT2D eigenvalue weighted by Crippen LogP contribution is 2.35. The van der Waals surface area contributed by atoms with Gasteiger partial charge in [0.1, 0.15) is 0 Å². The number of carboxylic acid groups (broad SMARTS) is 1. The molecule has 122 valence electrons. The van der Waals surface area contributed by atoms with Crippen LogP contribution >= 0.6 is 0 Å².